The number of rotatable bonds is 3. The van der Waals surface area contributed by atoms with Crippen molar-refractivity contribution in [1.82, 2.24) is 0 Å². The van der Waals surface area contributed by atoms with Gasteiger partial charge in [-0.15, -0.1) is 0 Å². The molecule has 1 aliphatic heterocycles. The van der Waals surface area contributed by atoms with Crippen molar-refractivity contribution in [2.45, 2.75) is 39.5 Å². The third-order valence-electron chi connectivity index (χ3n) is 3.82. The van der Waals surface area contributed by atoms with Crippen molar-refractivity contribution in [3.05, 3.63) is 29.3 Å². The predicted octanol–water partition coefficient (Wildman–Crippen LogP) is 3.94. The third kappa shape index (κ3) is 1.75. The maximum atomic E-state index is 3.57. The number of anilines is 1. The smallest absolute Gasteiger partial charge is 0.0406 e. The summed E-state index contributed by atoms with van der Waals surface area (Å²) < 4.78 is 0. The van der Waals surface area contributed by atoms with Crippen molar-refractivity contribution in [3.8, 4) is 0 Å². The highest BCUT2D eigenvalue weighted by Gasteiger charge is 2.28. The van der Waals surface area contributed by atoms with Crippen molar-refractivity contribution >= 4 is 5.69 Å². The molecule has 0 radical (unpaired) electrons. The normalized spacial score (nSPS) is 19.1. The maximum Gasteiger partial charge on any atom is 0.0406 e. The molecule has 1 atom stereocenters. The molecule has 0 amide bonds. The quantitative estimate of drug-likeness (QED) is 0.784. The summed E-state index contributed by atoms with van der Waals surface area (Å²) in [5.74, 6) is 1.57. The molecule has 1 heterocycles. The zero-order chi connectivity index (χ0) is 10.8. The van der Waals surface area contributed by atoms with Gasteiger partial charge >= 0.3 is 0 Å². The van der Waals surface area contributed by atoms with Crippen molar-refractivity contribution in [3.63, 3.8) is 0 Å². The number of para-hydroxylation sites is 1. The fraction of sp³-hybridized carbons (Fsp3) is 0.571. The largest absolute Gasteiger partial charge is 0.384 e. The fourth-order valence-electron chi connectivity index (χ4n) is 2.84. The van der Waals surface area contributed by atoms with E-state index in [2.05, 4.69) is 44.3 Å². The van der Waals surface area contributed by atoms with E-state index in [1.165, 1.54) is 24.1 Å². The van der Waals surface area contributed by atoms with E-state index in [1.54, 1.807) is 5.56 Å². The number of fused-ring (bicyclic) bond motifs is 1. The van der Waals surface area contributed by atoms with Gasteiger partial charge in [0.2, 0.25) is 0 Å². The van der Waals surface area contributed by atoms with Gasteiger partial charge in [0.25, 0.3) is 0 Å². The van der Waals surface area contributed by atoms with Gasteiger partial charge < -0.3 is 5.32 Å². The highest BCUT2D eigenvalue weighted by atomic mass is 14.9. The number of hydrogen-bond donors (Lipinski definition) is 1. The van der Waals surface area contributed by atoms with E-state index in [0.717, 1.165) is 18.4 Å². The van der Waals surface area contributed by atoms with Crippen molar-refractivity contribution < 1.29 is 0 Å². The van der Waals surface area contributed by atoms with Gasteiger partial charge in [0.1, 0.15) is 0 Å². The first-order chi connectivity index (χ1) is 7.27. The summed E-state index contributed by atoms with van der Waals surface area (Å²) in [5, 5.41) is 3.57. The Kier molecular flexibility index (Phi) is 2.99. The lowest BCUT2D eigenvalue weighted by atomic mass is 9.84. The number of benzene rings is 1. The van der Waals surface area contributed by atoms with Gasteiger partial charge in [0.05, 0.1) is 0 Å². The average molecular weight is 203 g/mol. The second-order valence-corrected chi connectivity index (χ2v) is 4.60. The van der Waals surface area contributed by atoms with Gasteiger partial charge in [-0.3, -0.25) is 0 Å². The number of nitrogens with one attached hydrogen (secondary N) is 1. The van der Waals surface area contributed by atoms with Crippen LogP contribution in [0.1, 0.15) is 43.7 Å². The van der Waals surface area contributed by atoms with Crippen LogP contribution in [0.25, 0.3) is 0 Å². The molecule has 1 N–H and O–H groups in total. The summed E-state index contributed by atoms with van der Waals surface area (Å²) in [6.07, 6.45) is 2.58. The molecule has 0 spiro atoms. The Morgan fingerprint density at radius 1 is 1.33 bits per heavy atom. The van der Waals surface area contributed by atoms with Gasteiger partial charge in [-0.2, -0.15) is 0 Å². The van der Waals surface area contributed by atoms with Gasteiger partial charge in [-0.25, -0.2) is 0 Å². The molecule has 0 bridgehead atoms. The van der Waals surface area contributed by atoms with Crippen LogP contribution in [-0.2, 0) is 0 Å². The molecule has 1 unspecified atom stereocenters. The van der Waals surface area contributed by atoms with E-state index < -0.39 is 0 Å². The fourth-order valence-corrected chi connectivity index (χ4v) is 2.84. The van der Waals surface area contributed by atoms with Crippen LogP contribution in [0.15, 0.2) is 18.2 Å². The van der Waals surface area contributed by atoms with E-state index in [0.29, 0.717) is 0 Å². The molecule has 15 heavy (non-hydrogen) atoms. The van der Waals surface area contributed by atoms with Crippen molar-refractivity contribution in [2.24, 2.45) is 5.92 Å². The first-order valence-electron chi connectivity index (χ1n) is 6.11. The Balaban J connectivity index is 2.32. The lowest BCUT2D eigenvalue weighted by Gasteiger charge is -2.20. The summed E-state index contributed by atoms with van der Waals surface area (Å²) in [4.78, 5) is 0. The van der Waals surface area contributed by atoms with Crippen LogP contribution in [0.5, 0.6) is 0 Å². The van der Waals surface area contributed by atoms with Crippen LogP contribution in [0.2, 0.25) is 0 Å². The summed E-state index contributed by atoms with van der Waals surface area (Å²) in [6.45, 7) is 7.94. The van der Waals surface area contributed by atoms with E-state index in [4.69, 9.17) is 0 Å². The van der Waals surface area contributed by atoms with E-state index in [-0.39, 0.29) is 0 Å². The highest BCUT2D eigenvalue weighted by Crippen LogP contribution is 2.40. The topological polar surface area (TPSA) is 12.0 Å². The first kappa shape index (κ1) is 10.5. The predicted molar refractivity (Wildman–Crippen MR) is 66.5 cm³/mol. The molecular formula is C14H21N. The number of hydrogen-bond acceptors (Lipinski definition) is 1. The standard InChI is InChI=1S/C14H21N/c1-4-11(5-2)13-9-15-14-10(3)7-6-8-12(13)14/h6-8,11,13,15H,4-5,9H2,1-3H3. The molecule has 1 aromatic rings. The first-order valence-corrected chi connectivity index (χ1v) is 6.11. The monoisotopic (exact) mass is 203 g/mol. The summed E-state index contributed by atoms with van der Waals surface area (Å²) in [7, 11) is 0. The molecule has 82 valence electrons. The highest BCUT2D eigenvalue weighted by molar-refractivity contribution is 5.62. The molecule has 1 aromatic carbocycles. The van der Waals surface area contributed by atoms with Gasteiger partial charge in [0.15, 0.2) is 0 Å². The molecule has 0 saturated heterocycles. The Hall–Kier alpha value is -0.980. The molecule has 0 saturated carbocycles. The number of aryl methyl sites for hydroxylation is 1. The summed E-state index contributed by atoms with van der Waals surface area (Å²) >= 11 is 0. The molecule has 1 aliphatic rings. The molecule has 0 aromatic heterocycles. The van der Waals surface area contributed by atoms with Crippen LogP contribution in [0, 0.1) is 12.8 Å². The zero-order valence-electron chi connectivity index (χ0n) is 10.0. The lowest BCUT2D eigenvalue weighted by molar-refractivity contribution is 0.418. The maximum absolute atomic E-state index is 3.57. The Labute approximate surface area is 92.9 Å². The van der Waals surface area contributed by atoms with E-state index in [9.17, 15) is 0 Å². The zero-order valence-corrected chi connectivity index (χ0v) is 10.0. The van der Waals surface area contributed by atoms with E-state index in [1.807, 2.05) is 0 Å². The second kappa shape index (κ2) is 4.26. The minimum Gasteiger partial charge on any atom is -0.384 e. The molecule has 2 rings (SSSR count). The van der Waals surface area contributed by atoms with Gasteiger partial charge in [-0.05, 0) is 24.0 Å². The SMILES string of the molecule is CCC(CC)C1CNc2c(C)cccc21. The molecule has 1 heteroatoms. The van der Waals surface area contributed by atoms with Gasteiger partial charge in [0, 0.05) is 18.2 Å². The second-order valence-electron chi connectivity index (χ2n) is 4.60. The summed E-state index contributed by atoms with van der Waals surface area (Å²) in [6, 6.07) is 6.68. The van der Waals surface area contributed by atoms with Crippen LogP contribution in [0.4, 0.5) is 5.69 Å². The average Bonchev–Trinajstić information content (AvgIpc) is 2.66. The molecular weight excluding hydrogens is 182 g/mol. The van der Waals surface area contributed by atoms with Crippen LogP contribution in [-0.4, -0.2) is 6.54 Å². The van der Waals surface area contributed by atoms with Crippen molar-refractivity contribution in [1.29, 1.82) is 0 Å². The molecule has 0 fully saturated rings. The summed E-state index contributed by atoms with van der Waals surface area (Å²) in [5.41, 5.74) is 4.33. The van der Waals surface area contributed by atoms with Gasteiger partial charge in [-0.1, -0.05) is 44.9 Å². The molecule has 1 nitrogen and oxygen atoms in total. The Morgan fingerprint density at radius 2 is 2.07 bits per heavy atom. The minimum atomic E-state index is 0.731. The van der Waals surface area contributed by atoms with E-state index >= 15 is 0 Å². The van der Waals surface area contributed by atoms with Crippen molar-refractivity contribution in [2.75, 3.05) is 11.9 Å². The Morgan fingerprint density at radius 3 is 2.73 bits per heavy atom. The van der Waals surface area contributed by atoms with Crippen LogP contribution >= 0.6 is 0 Å². The Bertz CT molecular complexity index is 339. The van der Waals surface area contributed by atoms with Crippen LogP contribution < -0.4 is 5.32 Å². The lowest BCUT2D eigenvalue weighted by Crippen LogP contribution is -2.13. The minimum absolute atomic E-state index is 0.731. The third-order valence-corrected chi connectivity index (χ3v) is 3.82. The van der Waals surface area contributed by atoms with Crippen LogP contribution in [0.3, 0.4) is 0 Å². The molecule has 0 aliphatic carbocycles.